The number of thiophene rings is 1. The monoisotopic (exact) mass is 415 g/mol. The Morgan fingerprint density at radius 3 is 2.83 bits per heavy atom. The summed E-state index contributed by atoms with van der Waals surface area (Å²) < 4.78 is 1.45. The fraction of sp³-hybridized carbons (Fsp3) is 0.550. The van der Waals surface area contributed by atoms with Crippen molar-refractivity contribution in [3.8, 4) is 6.07 Å². The molecule has 1 N–H and O–H groups in total. The first kappa shape index (κ1) is 21.0. The SMILES string of the molecule is Cc1cc([N+](=O)[O-])nn1CCC(=O)Nc1sc2c(c1C#N)CC[C@@H](C(C)(C)C)C2. The zero-order chi connectivity index (χ0) is 21.3. The topological polar surface area (TPSA) is 114 Å². The van der Waals surface area contributed by atoms with Crippen molar-refractivity contribution in [1.82, 2.24) is 9.78 Å². The molecular weight excluding hydrogens is 390 g/mol. The van der Waals surface area contributed by atoms with Crippen LogP contribution in [0.1, 0.15) is 55.3 Å². The molecule has 0 spiro atoms. The highest BCUT2D eigenvalue weighted by Gasteiger charge is 2.32. The number of amides is 1. The van der Waals surface area contributed by atoms with Crippen LogP contribution in [0.4, 0.5) is 10.8 Å². The molecule has 8 nitrogen and oxygen atoms in total. The van der Waals surface area contributed by atoms with Crippen LogP contribution in [-0.2, 0) is 24.2 Å². The number of rotatable bonds is 5. The number of aryl methyl sites for hydroxylation is 2. The van der Waals surface area contributed by atoms with Gasteiger partial charge in [-0.3, -0.25) is 4.79 Å². The molecule has 1 amide bonds. The van der Waals surface area contributed by atoms with E-state index in [2.05, 4.69) is 37.3 Å². The number of carbonyl (C=O) groups is 1. The number of fused-ring (bicyclic) bond motifs is 1. The maximum absolute atomic E-state index is 12.5. The highest BCUT2D eigenvalue weighted by Crippen LogP contribution is 2.44. The maximum atomic E-state index is 12.5. The Balaban J connectivity index is 1.69. The lowest BCUT2D eigenvalue weighted by Gasteiger charge is -2.33. The number of hydrogen-bond acceptors (Lipinski definition) is 6. The normalized spacial score (nSPS) is 16.2. The second-order valence-electron chi connectivity index (χ2n) is 8.55. The molecule has 1 aliphatic carbocycles. The molecule has 3 rings (SSSR count). The zero-order valence-electron chi connectivity index (χ0n) is 17.1. The lowest BCUT2D eigenvalue weighted by Crippen LogP contribution is -2.26. The van der Waals surface area contributed by atoms with Gasteiger partial charge in [-0.2, -0.15) is 9.94 Å². The molecule has 0 saturated carbocycles. The Hall–Kier alpha value is -2.73. The van der Waals surface area contributed by atoms with Crippen LogP contribution in [-0.4, -0.2) is 20.6 Å². The first-order chi connectivity index (χ1) is 13.6. The van der Waals surface area contributed by atoms with Crippen LogP contribution in [0.15, 0.2) is 6.07 Å². The van der Waals surface area contributed by atoms with E-state index in [1.54, 1.807) is 6.92 Å². The molecule has 29 heavy (non-hydrogen) atoms. The molecule has 0 unspecified atom stereocenters. The van der Waals surface area contributed by atoms with E-state index < -0.39 is 4.92 Å². The number of anilines is 1. The van der Waals surface area contributed by atoms with Crippen LogP contribution in [0.3, 0.4) is 0 Å². The Kier molecular flexibility index (Phi) is 5.75. The van der Waals surface area contributed by atoms with Gasteiger partial charge < -0.3 is 15.4 Å². The second-order valence-corrected chi connectivity index (χ2v) is 9.65. The first-order valence-electron chi connectivity index (χ1n) is 9.63. The zero-order valence-corrected chi connectivity index (χ0v) is 17.9. The molecule has 2 aromatic heterocycles. The van der Waals surface area contributed by atoms with E-state index in [0.29, 0.717) is 22.2 Å². The highest BCUT2D eigenvalue weighted by molar-refractivity contribution is 7.16. The van der Waals surface area contributed by atoms with E-state index in [4.69, 9.17) is 0 Å². The summed E-state index contributed by atoms with van der Waals surface area (Å²) in [5.41, 5.74) is 2.49. The van der Waals surface area contributed by atoms with E-state index in [-0.39, 0.29) is 30.1 Å². The quantitative estimate of drug-likeness (QED) is 0.580. The van der Waals surface area contributed by atoms with Crippen molar-refractivity contribution in [3.05, 3.63) is 37.9 Å². The fourth-order valence-electron chi connectivity index (χ4n) is 3.74. The van der Waals surface area contributed by atoms with Crippen LogP contribution >= 0.6 is 11.3 Å². The molecule has 154 valence electrons. The first-order valence-corrected chi connectivity index (χ1v) is 10.4. The van der Waals surface area contributed by atoms with Crippen molar-refractivity contribution in [2.24, 2.45) is 11.3 Å². The molecule has 2 heterocycles. The van der Waals surface area contributed by atoms with E-state index in [9.17, 15) is 20.2 Å². The Morgan fingerprint density at radius 2 is 2.24 bits per heavy atom. The molecule has 9 heteroatoms. The van der Waals surface area contributed by atoms with Crippen molar-refractivity contribution < 1.29 is 9.72 Å². The van der Waals surface area contributed by atoms with E-state index in [1.165, 1.54) is 27.0 Å². The van der Waals surface area contributed by atoms with Gasteiger partial charge in [-0.05, 0) is 48.0 Å². The third kappa shape index (κ3) is 4.48. The van der Waals surface area contributed by atoms with Gasteiger partial charge in [-0.25, -0.2) is 0 Å². The molecule has 1 aliphatic rings. The summed E-state index contributed by atoms with van der Waals surface area (Å²) in [6.45, 7) is 8.68. The predicted octanol–water partition coefficient (Wildman–Crippen LogP) is 4.21. The third-order valence-corrected chi connectivity index (χ3v) is 6.73. The second kappa shape index (κ2) is 7.95. The number of nitro groups is 1. The minimum Gasteiger partial charge on any atom is -0.358 e. The van der Waals surface area contributed by atoms with Crippen LogP contribution in [0.25, 0.3) is 0 Å². The van der Waals surface area contributed by atoms with Gasteiger partial charge in [0.1, 0.15) is 11.1 Å². The molecule has 0 bridgehead atoms. The van der Waals surface area contributed by atoms with E-state index >= 15 is 0 Å². The fourth-order valence-corrected chi connectivity index (χ4v) is 5.03. The van der Waals surface area contributed by atoms with Crippen molar-refractivity contribution in [1.29, 1.82) is 5.26 Å². The van der Waals surface area contributed by atoms with Gasteiger partial charge in [0.25, 0.3) is 0 Å². The molecule has 1 atom stereocenters. The van der Waals surface area contributed by atoms with Gasteiger partial charge in [-0.15, -0.1) is 11.3 Å². The Labute approximate surface area is 173 Å². The average Bonchev–Trinajstić information content (AvgIpc) is 3.18. The summed E-state index contributed by atoms with van der Waals surface area (Å²) in [7, 11) is 0. The molecule has 0 radical (unpaired) electrons. The van der Waals surface area contributed by atoms with Gasteiger partial charge in [0.15, 0.2) is 0 Å². The standard InChI is InChI=1S/C20H25N5O3S/c1-12-9-17(25(27)28)23-24(12)8-7-18(26)22-19-15(11-21)14-6-5-13(20(2,3)4)10-16(14)29-19/h9,13H,5-8,10H2,1-4H3,(H,22,26)/t13-/m1/s1. The lowest BCUT2D eigenvalue weighted by molar-refractivity contribution is -0.389. The van der Waals surface area contributed by atoms with E-state index in [0.717, 1.165) is 24.8 Å². The lowest BCUT2D eigenvalue weighted by atomic mass is 9.72. The number of carbonyl (C=O) groups excluding carboxylic acids is 1. The predicted molar refractivity (Wildman–Crippen MR) is 111 cm³/mol. The maximum Gasteiger partial charge on any atom is 0.390 e. The van der Waals surface area contributed by atoms with Crippen molar-refractivity contribution in [2.75, 3.05) is 5.32 Å². The van der Waals surface area contributed by atoms with Gasteiger partial charge >= 0.3 is 5.82 Å². The molecular formula is C20H25N5O3S. The Bertz CT molecular complexity index is 993. The van der Waals surface area contributed by atoms with Gasteiger partial charge in [0, 0.05) is 11.3 Å². The van der Waals surface area contributed by atoms with Crippen LogP contribution in [0.2, 0.25) is 0 Å². The summed E-state index contributed by atoms with van der Waals surface area (Å²) in [5.74, 6) is 0.0985. The smallest absolute Gasteiger partial charge is 0.358 e. The van der Waals surface area contributed by atoms with Crippen LogP contribution < -0.4 is 5.32 Å². The summed E-state index contributed by atoms with van der Waals surface area (Å²) in [6, 6.07) is 3.64. The number of nitrogens with zero attached hydrogens (tertiary/aromatic N) is 4. The number of hydrogen-bond donors (Lipinski definition) is 1. The molecule has 0 saturated heterocycles. The van der Waals surface area contributed by atoms with Crippen molar-refractivity contribution in [3.63, 3.8) is 0 Å². The summed E-state index contributed by atoms with van der Waals surface area (Å²) in [5, 5.41) is 27.8. The van der Waals surface area contributed by atoms with Crippen LogP contribution in [0, 0.1) is 39.7 Å². The van der Waals surface area contributed by atoms with Gasteiger partial charge in [0.2, 0.25) is 5.91 Å². The Morgan fingerprint density at radius 1 is 1.52 bits per heavy atom. The average molecular weight is 416 g/mol. The van der Waals surface area contributed by atoms with Gasteiger partial charge in [0.05, 0.1) is 29.0 Å². The summed E-state index contributed by atoms with van der Waals surface area (Å²) in [4.78, 5) is 23.9. The molecule has 2 aromatic rings. The van der Waals surface area contributed by atoms with Crippen molar-refractivity contribution in [2.45, 2.75) is 59.9 Å². The van der Waals surface area contributed by atoms with Gasteiger partial charge in [-0.1, -0.05) is 20.8 Å². The molecule has 0 fully saturated rings. The highest BCUT2D eigenvalue weighted by atomic mass is 32.1. The molecule has 0 aliphatic heterocycles. The van der Waals surface area contributed by atoms with Crippen molar-refractivity contribution >= 4 is 28.1 Å². The number of aromatic nitrogens is 2. The summed E-state index contributed by atoms with van der Waals surface area (Å²) in [6.07, 6.45) is 2.97. The molecule has 0 aromatic carbocycles. The third-order valence-electron chi connectivity index (χ3n) is 5.56. The number of nitrogens with one attached hydrogen (secondary N) is 1. The largest absolute Gasteiger partial charge is 0.390 e. The van der Waals surface area contributed by atoms with E-state index in [1.807, 2.05) is 0 Å². The number of nitriles is 1. The minimum absolute atomic E-state index is 0.123. The van der Waals surface area contributed by atoms with Crippen LogP contribution in [0.5, 0.6) is 0 Å². The minimum atomic E-state index is -0.552. The summed E-state index contributed by atoms with van der Waals surface area (Å²) >= 11 is 1.50.